The largest absolute Gasteiger partial charge is 0.462 e. The fraction of sp³-hybridized carbons (Fsp3) is 0.632. The molecular formula is C19H27NO2. The normalized spacial score (nSPS) is 22.7. The van der Waals surface area contributed by atoms with Crippen molar-refractivity contribution in [3.8, 4) is 0 Å². The van der Waals surface area contributed by atoms with Gasteiger partial charge in [0.25, 0.3) is 0 Å². The predicted octanol–water partition coefficient (Wildman–Crippen LogP) is 3.57. The molecule has 0 atom stereocenters. The van der Waals surface area contributed by atoms with Crippen LogP contribution in [-0.2, 0) is 14.9 Å². The third kappa shape index (κ3) is 3.35. The van der Waals surface area contributed by atoms with Crippen molar-refractivity contribution in [3.63, 3.8) is 0 Å². The molecule has 1 aliphatic heterocycles. The van der Waals surface area contributed by atoms with Crippen molar-refractivity contribution in [3.05, 3.63) is 35.9 Å². The van der Waals surface area contributed by atoms with E-state index < -0.39 is 5.41 Å². The van der Waals surface area contributed by atoms with Gasteiger partial charge >= 0.3 is 5.97 Å². The van der Waals surface area contributed by atoms with Gasteiger partial charge < -0.3 is 10.1 Å². The molecule has 1 N–H and O–H groups in total. The number of carbonyl (C=O) groups is 1. The monoisotopic (exact) mass is 301 g/mol. The Kier molecular flexibility index (Phi) is 5.14. The number of hydrogen-bond donors (Lipinski definition) is 1. The van der Waals surface area contributed by atoms with E-state index in [0.717, 1.165) is 57.2 Å². The number of carbonyl (C=O) groups excluding carboxylic acids is 1. The molecule has 0 bridgehead atoms. The molecule has 1 heterocycles. The number of piperidine rings is 1. The van der Waals surface area contributed by atoms with Gasteiger partial charge in [-0.1, -0.05) is 56.0 Å². The van der Waals surface area contributed by atoms with Gasteiger partial charge in [0.2, 0.25) is 0 Å². The Balaban J connectivity index is 1.82. The maximum Gasteiger partial charge on any atom is 0.316 e. The third-order valence-electron chi connectivity index (χ3n) is 5.23. The fourth-order valence-corrected chi connectivity index (χ4v) is 3.88. The lowest BCUT2D eigenvalue weighted by Gasteiger charge is -2.34. The van der Waals surface area contributed by atoms with Crippen LogP contribution in [0.1, 0.15) is 56.9 Å². The van der Waals surface area contributed by atoms with E-state index in [9.17, 15) is 4.79 Å². The zero-order valence-corrected chi connectivity index (χ0v) is 13.4. The molecule has 1 saturated carbocycles. The molecular weight excluding hydrogens is 274 g/mol. The highest BCUT2D eigenvalue weighted by Gasteiger charge is 2.42. The summed E-state index contributed by atoms with van der Waals surface area (Å²) >= 11 is 0. The minimum atomic E-state index is -0.414. The van der Waals surface area contributed by atoms with Gasteiger partial charge in [-0.2, -0.15) is 0 Å². The van der Waals surface area contributed by atoms with Crippen molar-refractivity contribution < 1.29 is 9.53 Å². The molecule has 2 aliphatic rings. The van der Waals surface area contributed by atoms with E-state index >= 15 is 0 Å². The maximum atomic E-state index is 13.1. The van der Waals surface area contributed by atoms with Crippen molar-refractivity contribution in [2.24, 2.45) is 0 Å². The molecule has 1 aromatic rings. The summed E-state index contributed by atoms with van der Waals surface area (Å²) in [4.78, 5) is 13.1. The van der Waals surface area contributed by atoms with E-state index in [-0.39, 0.29) is 12.1 Å². The van der Waals surface area contributed by atoms with Gasteiger partial charge in [0, 0.05) is 0 Å². The minimum absolute atomic E-state index is 0.0208. The third-order valence-corrected chi connectivity index (χ3v) is 5.23. The Morgan fingerprint density at radius 1 is 1.00 bits per heavy atom. The van der Waals surface area contributed by atoms with Gasteiger partial charge in [0.15, 0.2) is 0 Å². The Morgan fingerprint density at radius 3 is 2.27 bits per heavy atom. The van der Waals surface area contributed by atoms with Crippen LogP contribution in [0, 0.1) is 0 Å². The van der Waals surface area contributed by atoms with E-state index in [1.165, 1.54) is 12.8 Å². The van der Waals surface area contributed by atoms with Crippen LogP contribution in [0.5, 0.6) is 0 Å². The average molecular weight is 301 g/mol. The smallest absolute Gasteiger partial charge is 0.316 e. The lowest BCUT2D eigenvalue weighted by Crippen LogP contribution is -2.42. The highest BCUT2D eigenvalue weighted by atomic mass is 16.5. The molecule has 0 spiro atoms. The molecule has 2 fully saturated rings. The van der Waals surface area contributed by atoms with Crippen LogP contribution in [0.4, 0.5) is 0 Å². The van der Waals surface area contributed by atoms with Crippen LogP contribution >= 0.6 is 0 Å². The van der Waals surface area contributed by atoms with Crippen molar-refractivity contribution in [1.82, 2.24) is 5.32 Å². The zero-order chi connectivity index (χ0) is 15.3. The minimum Gasteiger partial charge on any atom is -0.462 e. The first-order chi connectivity index (χ1) is 10.8. The molecule has 0 aromatic heterocycles. The summed E-state index contributed by atoms with van der Waals surface area (Å²) in [6.07, 6.45) is 8.55. The van der Waals surface area contributed by atoms with Crippen LogP contribution in [0.15, 0.2) is 30.3 Å². The van der Waals surface area contributed by atoms with Crippen molar-refractivity contribution >= 4 is 5.97 Å². The first kappa shape index (κ1) is 15.5. The van der Waals surface area contributed by atoms with Gasteiger partial charge in [-0.05, 0) is 44.3 Å². The van der Waals surface area contributed by atoms with E-state index in [1.807, 2.05) is 18.2 Å². The molecule has 1 saturated heterocycles. The van der Waals surface area contributed by atoms with Crippen molar-refractivity contribution in [2.45, 2.75) is 62.9 Å². The van der Waals surface area contributed by atoms with Gasteiger partial charge in [0.1, 0.15) is 6.10 Å². The molecule has 120 valence electrons. The van der Waals surface area contributed by atoms with Gasteiger partial charge in [-0.25, -0.2) is 0 Å². The van der Waals surface area contributed by atoms with Crippen LogP contribution < -0.4 is 5.32 Å². The SMILES string of the molecule is O=C(OC1CCNCC1)C1(c2ccccc2)CCCCCC1. The Labute approximate surface area is 133 Å². The summed E-state index contributed by atoms with van der Waals surface area (Å²) in [6.45, 7) is 1.91. The topological polar surface area (TPSA) is 38.3 Å². The molecule has 3 nitrogen and oxygen atoms in total. The molecule has 3 heteroatoms. The second-order valence-electron chi connectivity index (χ2n) is 6.72. The lowest BCUT2D eigenvalue weighted by atomic mass is 9.74. The van der Waals surface area contributed by atoms with Crippen LogP contribution in [-0.4, -0.2) is 25.2 Å². The van der Waals surface area contributed by atoms with Gasteiger partial charge in [-0.3, -0.25) is 4.79 Å². The van der Waals surface area contributed by atoms with Gasteiger partial charge in [0.05, 0.1) is 5.41 Å². The summed E-state index contributed by atoms with van der Waals surface area (Å²) in [5.41, 5.74) is 0.735. The van der Waals surface area contributed by atoms with E-state index in [0.29, 0.717) is 0 Å². The summed E-state index contributed by atoms with van der Waals surface area (Å²) in [5, 5.41) is 3.33. The first-order valence-electron chi connectivity index (χ1n) is 8.79. The van der Waals surface area contributed by atoms with Crippen LogP contribution in [0.2, 0.25) is 0 Å². The van der Waals surface area contributed by atoms with E-state index in [1.54, 1.807) is 0 Å². The number of ether oxygens (including phenoxy) is 1. The van der Waals surface area contributed by atoms with E-state index in [2.05, 4.69) is 17.4 Å². The number of benzene rings is 1. The fourth-order valence-electron chi connectivity index (χ4n) is 3.88. The van der Waals surface area contributed by atoms with Crippen molar-refractivity contribution in [1.29, 1.82) is 0 Å². The molecule has 0 radical (unpaired) electrons. The molecule has 0 amide bonds. The Bertz CT molecular complexity index is 471. The molecule has 3 rings (SSSR count). The second kappa shape index (κ2) is 7.28. The first-order valence-corrected chi connectivity index (χ1v) is 8.79. The second-order valence-corrected chi connectivity index (χ2v) is 6.72. The summed E-state index contributed by atoms with van der Waals surface area (Å²) in [6, 6.07) is 10.3. The number of hydrogen-bond acceptors (Lipinski definition) is 3. The van der Waals surface area contributed by atoms with Crippen LogP contribution in [0.3, 0.4) is 0 Å². The Morgan fingerprint density at radius 2 is 1.64 bits per heavy atom. The average Bonchev–Trinajstić information content (AvgIpc) is 2.83. The molecule has 22 heavy (non-hydrogen) atoms. The number of nitrogens with one attached hydrogen (secondary N) is 1. The van der Waals surface area contributed by atoms with Crippen LogP contribution in [0.25, 0.3) is 0 Å². The quantitative estimate of drug-likeness (QED) is 0.685. The molecule has 0 unspecified atom stereocenters. The Hall–Kier alpha value is -1.35. The summed E-state index contributed by atoms with van der Waals surface area (Å²) in [7, 11) is 0. The molecule has 1 aliphatic carbocycles. The highest BCUT2D eigenvalue weighted by Crippen LogP contribution is 2.40. The summed E-state index contributed by atoms with van der Waals surface area (Å²) in [5.74, 6) is 0.0208. The molecule has 1 aromatic carbocycles. The standard InChI is InChI=1S/C19H27NO2/c21-18(22-17-10-14-20-15-11-17)19(12-6-1-2-7-13-19)16-8-4-3-5-9-16/h3-5,8-9,17,20H,1-2,6-7,10-15H2. The van der Waals surface area contributed by atoms with Crippen molar-refractivity contribution in [2.75, 3.05) is 13.1 Å². The zero-order valence-electron chi connectivity index (χ0n) is 13.4. The van der Waals surface area contributed by atoms with Gasteiger partial charge in [-0.15, -0.1) is 0 Å². The number of esters is 1. The van der Waals surface area contributed by atoms with E-state index in [4.69, 9.17) is 4.74 Å². The highest BCUT2D eigenvalue weighted by molar-refractivity contribution is 5.83. The predicted molar refractivity (Wildman–Crippen MR) is 87.8 cm³/mol. The summed E-state index contributed by atoms with van der Waals surface area (Å²) < 4.78 is 5.97. The number of rotatable bonds is 3. The lowest BCUT2D eigenvalue weighted by molar-refractivity contribution is -0.158. The maximum absolute atomic E-state index is 13.1.